The summed E-state index contributed by atoms with van der Waals surface area (Å²) in [6.45, 7) is 6.10. The maximum atomic E-state index is 9.41. The van der Waals surface area contributed by atoms with E-state index in [4.69, 9.17) is 0 Å². The summed E-state index contributed by atoms with van der Waals surface area (Å²) in [5.74, 6) is 0.644. The number of hydrogen-bond donors (Lipinski definition) is 2. The van der Waals surface area contributed by atoms with E-state index >= 15 is 0 Å². The van der Waals surface area contributed by atoms with Gasteiger partial charge in [0.2, 0.25) is 0 Å². The van der Waals surface area contributed by atoms with E-state index in [0.29, 0.717) is 17.4 Å². The van der Waals surface area contributed by atoms with Gasteiger partial charge in [0.15, 0.2) is 5.82 Å². The third-order valence-electron chi connectivity index (χ3n) is 3.60. The van der Waals surface area contributed by atoms with Crippen LogP contribution in [0.3, 0.4) is 0 Å². The van der Waals surface area contributed by atoms with Crippen LogP contribution >= 0.6 is 0 Å². The normalized spacial score (nSPS) is 18.9. The van der Waals surface area contributed by atoms with E-state index in [1.807, 2.05) is 6.92 Å². The molecule has 1 saturated heterocycles. The molecule has 0 aromatic carbocycles. The first kappa shape index (κ1) is 13.8. The van der Waals surface area contributed by atoms with Gasteiger partial charge in [-0.1, -0.05) is 13.8 Å². The predicted octanol–water partition coefficient (Wildman–Crippen LogP) is 1.64. The standard InChI is InChI=1S/C14H21N5/c1-3-11-12(8-15)14(19-18-13(11)4-2)17-10-6-5-7-16-9-10/h10,16H,3-7,9H2,1-2H3,(H,17,19). The summed E-state index contributed by atoms with van der Waals surface area (Å²) in [7, 11) is 0. The van der Waals surface area contributed by atoms with Crippen LogP contribution in [0.2, 0.25) is 0 Å². The molecule has 5 heteroatoms. The van der Waals surface area contributed by atoms with E-state index in [1.54, 1.807) is 0 Å². The van der Waals surface area contributed by atoms with Gasteiger partial charge in [-0.15, -0.1) is 5.10 Å². The zero-order chi connectivity index (χ0) is 13.7. The van der Waals surface area contributed by atoms with Gasteiger partial charge >= 0.3 is 0 Å². The van der Waals surface area contributed by atoms with Gasteiger partial charge in [-0.05, 0) is 37.8 Å². The summed E-state index contributed by atoms with van der Waals surface area (Å²) in [5.41, 5.74) is 2.64. The van der Waals surface area contributed by atoms with Crippen molar-refractivity contribution in [3.8, 4) is 6.07 Å². The van der Waals surface area contributed by atoms with Crippen molar-refractivity contribution in [1.29, 1.82) is 5.26 Å². The minimum absolute atomic E-state index is 0.340. The molecule has 2 heterocycles. The molecule has 5 nitrogen and oxygen atoms in total. The van der Waals surface area contributed by atoms with Crippen LogP contribution in [0, 0.1) is 11.3 Å². The van der Waals surface area contributed by atoms with E-state index in [2.05, 4.69) is 33.8 Å². The molecule has 102 valence electrons. The summed E-state index contributed by atoms with van der Waals surface area (Å²) in [6, 6.07) is 2.63. The van der Waals surface area contributed by atoms with Crippen LogP contribution in [0.15, 0.2) is 0 Å². The van der Waals surface area contributed by atoms with Crippen molar-refractivity contribution in [2.45, 2.75) is 45.6 Å². The van der Waals surface area contributed by atoms with Crippen LogP contribution in [0.25, 0.3) is 0 Å². The highest BCUT2D eigenvalue weighted by atomic mass is 15.2. The first-order valence-electron chi connectivity index (χ1n) is 7.05. The minimum atomic E-state index is 0.340. The SMILES string of the molecule is CCc1nnc(NC2CCCNC2)c(C#N)c1CC. The lowest BCUT2D eigenvalue weighted by atomic mass is 10.0. The Morgan fingerprint density at radius 2 is 2.21 bits per heavy atom. The third-order valence-corrected chi connectivity index (χ3v) is 3.60. The van der Waals surface area contributed by atoms with Crippen LogP contribution in [0.1, 0.15) is 43.5 Å². The maximum Gasteiger partial charge on any atom is 0.167 e. The molecule has 1 unspecified atom stereocenters. The monoisotopic (exact) mass is 259 g/mol. The average Bonchev–Trinajstić information content (AvgIpc) is 2.47. The highest BCUT2D eigenvalue weighted by Crippen LogP contribution is 2.21. The highest BCUT2D eigenvalue weighted by Gasteiger charge is 2.18. The van der Waals surface area contributed by atoms with Crippen LogP contribution in [0.4, 0.5) is 5.82 Å². The average molecular weight is 259 g/mol. The first-order chi connectivity index (χ1) is 9.30. The second-order valence-corrected chi connectivity index (χ2v) is 4.86. The molecule has 1 aromatic rings. The van der Waals surface area contributed by atoms with Crippen LogP contribution in [-0.2, 0) is 12.8 Å². The molecule has 0 amide bonds. The molecule has 1 aliphatic rings. The molecule has 2 N–H and O–H groups in total. The second-order valence-electron chi connectivity index (χ2n) is 4.86. The molecule has 0 saturated carbocycles. The van der Waals surface area contributed by atoms with Crippen molar-refractivity contribution in [3.05, 3.63) is 16.8 Å². The Hall–Kier alpha value is -1.67. The lowest BCUT2D eigenvalue weighted by Crippen LogP contribution is -2.39. The molecule has 0 spiro atoms. The number of hydrogen-bond acceptors (Lipinski definition) is 5. The van der Waals surface area contributed by atoms with Crippen LogP contribution in [0.5, 0.6) is 0 Å². The Morgan fingerprint density at radius 1 is 1.37 bits per heavy atom. The molecule has 1 fully saturated rings. The molecular formula is C14H21N5. The van der Waals surface area contributed by atoms with Gasteiger partial charge in [-0.25, -0.2) is 0 Å². The van der Waals surface area contributed by atoms with Crippen LogP contribution < -0.4 is 10.6 Å². The number of nitrogens with one attached hydrogen (secondary N) is 2. The largest absolute Gasteiger partial charge is 0.363 e. The minimum Gasteiger partial charge on any atom is -0.363 e. The van der Waals surface area contributed by atoms with Gasteiger partial charge in [-0.3, -0.25) is 0 Å². The van der Waals surface area contributed by atoms with Crippen molar-refractivity contribution in [1.82, 2.24) is 15.5 Å². The quantitative estimate of drug-likeness (QED) is 0.860. The first-order valence-corrected chi connectivity index (χ1v) is 7.05. The van der Waals surface area contributed by atoms with Gasteiger partial charge in [0.25, 0.3) is 0 Å². The number of aromatic nitrogens is 2. The molecule has 2 rings (SSSR count). The molecule has 1 aromatic heterocycles. The highest BCUT2D eigenvalue weighted by molar-refractivity contribution is 5.57. The lowest BCUT2D eigenvalue weighted by molar-refractivity contribution is 0.478. The Kier molecular flexibility index (Phi) is 4.69. The number of piperidine rings is 1. The molecular weight excluding hydrogens is 238 g/mol. The van der Waals surface area contributed by atoms with Gasteiger partial charge in [0, 0.05) is 12.6 Å². The molecule has 0 bridgehead atoms. The van der Waals surface area contributed by atoms with E-state index in [9.17, 15) is 5.26 Å². The molecule has 1 aliphatic heterocycles. The fourth-order valence-electron chi connectivity index (χ4n) is 2.56. The number of nitrogens with zero attached hydrogens (tertiary/aromatic N) is 3. The molecule has 0 radical (unpaired) electrons. The van der Waals surface area contributed by atoms with Crippen molar-refractivity contribution in [3.63, 3.8) is 0 Å². The fraction of sp³-hybridized carbons (Fsp3) is 0.643. The zero-order valence-electron chi connectivity index (χ0n) is 11.7. The van der Waals surface area contributed by atoms with E-state index < -0.39 is 0 Å². The Bertz CT molecular complexity index is 471. The smallest absolute Gasteiger partial charge is 0.167 e. The number of nitriles is 1. The molecule has 19 heavy (non-hydrogen) atoms. The van der Waals surface area contributed by atoms with Crippen LogP contribution in [-0.4, -0.2) is 29.3 Å². The molecule has 0 aliphatic carbocycles. The van der Waals surface area contributed by atoms with Gasteiger partial charge in [-0.2, -0.15) is 10.4 Å². The van der Waals surface area contributed by atoms with Crippen molar-refractivity contribution < 1.29 is 0 Å². The van der Waals surface area contributed by atoms with Crippen molar-refractivity contribution in [2.24, 2.45) is 0 Å². The fourth-order valence-corrected chi connectivity index (χ4v) is 2.56. The summed E-state index contributed by atoms with van der Waals surface area (Å²) >= 11 is 0. The Labute approximate surface area is 114 Å². The summed E-state index contributed by atoms with van der Waals surface area (Å²) < 4.78 is 0. The number of aryl methyl sites for hydroxylation is 1. The maximum absolute atomic E-state index is 9.41. The Balaban J connectivity index is 2.27. The third kappa shape index (κ3) is 3.02. The molecule has 1 atom stereocenters. The Morgan fingerprint density at radius 3 is 2.79 bits per heavy atom. The summed E-state index contributed by atoms with van der Waals surface area (Å²) in [6.07, 6.45) is 3.90. The number of rotatable bonds is 4. The zero-order valence-corrected chi connectivity index (χ0v) is 11.7. The number of anilines is 1. The van der Waals surface area contributed by atoms with Crippen molar-refractivity contribution >= 4 is 5.82 Å². The van der Waals surface area contributed by atoms with E-state index in [-0.39, 0.29) is 0 Å². The van der Waals surface area contributed by atoms with E-state index in [1.165, 1.54) is 0 Å². The van der Waals surface area contributed by atoms with Gasteiger partial charge < -0.3 is 10.6 Å². The van der Waals surface area contributed by atoms with Gasteiger partial charge in [0.1, 0.15) is 11.6 Å². The van der Waals surface area contributed by atoms with E-state index in [0.717, 1.165) is 50.0 Å². The topological polar surface area (TPSA) is 73.6 Å². The lowest BCUT2D eigenvalue weighted by Gasteiger charge is -2.25. The summed E-state index contributed by atoms with van der Waals surface area (Å²) in [5, 5.41) is 24.6. The second kappa shape index (κ2) is 6.48. The summed E-state index contributed by atoms with van der Waals surface area (Å²) in [4.78, 5) is 0. The van der Waals surface area contributed by atoms with Crippen molar-refractivity contribution in [2.75, 3.05) is 18.4 Å². The van der Waals surface area contributed by atoms with Gasteiger partial charge in [0.05, 0.1) is 5.69 Å². The predicted molar refractivity (Wildman–Crippen MR) is 75.0 cm³/mol.